The van der Waals surface area contributed by atoms with E-state index in [9.17, 15) is 4.79 Å². The van der Waals surface area contributed by atoms with Crippen LogP contribution in [0.5, 0.6) is 0 Å². The summed E-state index contributed by atoms with van der Waals surface area (Å²) in [6.45, 7) is 3.48. The molecule has 0 aromatic carbocycles. The van der Waals surface area contributed by atoms with Crippen molar-refractivity contribution in [1.29, 1.82) is 5.26 Å². The Labute approximate surface area is 79.8 Å². The van der Waals surface area contributed by atoms with Gasteiger partial charge in [0.1, 0.15) is 6.07 Å². The molecule has 1 rings (SSSR count). The Morgan fingerprint density at radius 3 is 2.85 bits per heavy atom. The van der Waals surface area contributed by atoms with Gasteiger partial charge in [0.25, 0.3) is 0 Å². The molecule has 1 aromatic heterocycles. The third-order valence-corrected chi connectivity index (χ3v) is 2.52. The number of nitrogens with zero attached hydrogens (tertiary/aromatic N) is 2. The van der Waals surface area contributed by atoms with Gasteiger partial charge in [0.2, 0.25) is 5.01 Å². The number of ether oxygens (including phenoxy) is 1. The quantitative estimate of drug-likeness (QED) is 0.671. The van der Waals surface area contributed by atoms with Gasteiger partial charge in [-0.3, -0.25) is 0 Å². The van der Waals surface area contributed by atoms with Gasteiger partial charge < -0.3 is 4.74 Å². The maximum atomic E-state index is 11.1. The summed E-state index contributed by atoms with van der Waals surface area (Å²) in [5.41, 5.74) is 0.828. The van der Waals surface area contributed by atoms with Crippen LogP contribution in [0.2, 0.25) is 0 Å². The highest BCUT2D eigenvalue weighted by molar-refractivity contribution is 7.13. The van der Waals surface area contributed by atoms with Crippen LogP contribution >= 0.6 is 11.3 Å². The van der Waals surface area contributed by atoms with E-state index in [0.29, 0.717) is 5.01 Å². The second-order valence-electron chi connectivity index (χ2n) is 2.39. The first-order valence-electron chi connectivity index (χ1n) is 3.63. The van der Waals surface area contributed by atoms with Crippen molar-refractivity contribution in [2.45, 2.75) is 13.8 Å². The van der Waals surface area contributed by atoms with E-state index >= 15 is 0 Å². The Hall–Kier alpha value is -1.41. The second-order valence-corrected chi connectivity index (χ2v) is 3.60. The first-order valence-corrected chi connectivity index (χ1v) is 4.45. The Morgan fingerprint density at radius 2 is 2.38 bits per heavy atom. The molecule has 0 spiro atoms. The second kappa shape index (κ2) is 4.01. The molecule has 1 aromatic rings. The SMILES string of the molecule is Cc1nc(C(=O)OCC#N)sc1C. The van der Waals surface area contributed by atoms with Crippen molar-refractivity contribution >= 4 is 17.3 Å². The molecule has 13 heavy (non-hydrogen) atoms. The van der Waals surface area contributed by atoms with Gasteiger partial charge in [-0.15, -0.1) is 11.3 Å². The molecule has 0 saturated carbocycles. The number of hydrogen-bond donors (Lipinski definition) is 0. The van der Waals surface area contributed by atoms with Crippen molar-refractivity contribution in [3.63, 3.8) is 0 Å². The lowest BCUT2D eigenvalue weighted by Gasteiger charge is -1.93. The number of carbonyl (C=O) groups is 1. The largest absolute Gasteiger partial charge is 0.445 e. The van der Waals surface area contributed by atoms with Gasteiger partial charge in [0.15, 0.2) is 6.61 Å². The van der Waals surface area contributed by atoms with Crippen LogP contribution in [-0.2, 0) is 4.74 Å². The zero-order valence-electron chi connectivity index (χ0n) is 7.33. The number of thiazole rings is 1. The highest BCUT2D eigenvalue weighted by Crippen LogP contribution is 2.16. The lowest BCUT2D eigenvalue weighted by atomic mass is 10.4. The molecule has 68 valence electrons. The summed E-state index contributed by atoms with van der Waals surface area (Å²) in [6.07, 6.45) is 0. The number of aryl methyl sites for hydroxylation is 2. The molecule has 0 amide bonds. The predicted octanol–water partition coefficient (Wildman–Crippen LogP) is 1.44. The highest BCUT2D eigenvalue weighted by Gasteiger charge is 2.13. The molecule has 0 saturated heterocycles. The van der Waals surface area contributed by atoms with Crippen molar-refractivity contribution in [2.24, 2.45) is 0 Å². The maximum Gasteiger partial charge on any atom is 0.368 e. The molecule has 0 aliphatic heterocycles. The molecular weight excluding hydrogens is 188 g/mol. The molecule has 0 bridgehead atoms. The van der Waals surface area contributed by atoms with Crippen molar-refractivity contribution in [3.05, 3.63) is 15.6 Å². The molecule has 0 aliphatic carbocycles. The van der Waals surface area contributed by atoms with Gasteiger partial charge in [0, 0.05) is 4.88 Å². The molecule has 5 heteroatoms. The minimum absolute atomic E-state index is 0.226. The van der Waals surface area contributed by atoms with E-state index in [1.165, 1.54) is 11.3 Å². The molecule has 1 heterocycles. The normalized spacial score (nSPS) is 9.31. The number of hydrogen-bond acceptors (Lipinski definition) is 5. The molecule has 0 radical (unpaired) electrons. The standard InChI is InChI=1S/C8H8N2O2S/c1-5-6(2)13-7(10-5)8(11)12-4-3-9/h4H2,1-2H3. The lowest BCUT2D eigenvalue weighted by Crippen LogP contribution is -2.04. The summed E-state index contributed by atoms with van der Waals surface area (Å²) in [6, 6.07) is 1.72. The van der Waals surface area contributed by atoms with E-state index in [2.05, 4.69) is 9.72 Å². The van der Waals surface area contributed by atoms with Crippen LogP contribution in [0, 0.1) is 25.2 Å². The third-order valence-electron chi connectivity index (χ3n) is 1.47. The first kappa shape index (κ1) is 9.68. The van der Waals surface area contributed by atoms with Gasteiger partial charge in [-0.25, -0.2) is 9.78 Å². The van der Waals surface area contributed by atoms with Crippen molar-refractivity contribution < 1.29 is 9.53 Å². The zero-order valence-corrected chi connectivity index (χ0v) is 8.14. The molecule has 4 nitrogen and oxygen atoms in total. The topological polar surface area (TPSA) is 63.0 Å². The van der Waals surface area contributed by atoms with Gasteiger partial charge in [-0.1, -0.05) is 0 Å². The zero-order chi connectivity index (χ0) is 9.84. The molecule has 0 fully saturated rings. The van der Waals surface area contributed by atoms with E-state index in [4.69, 9.17) is 5.26 Å². The van der Waals surface area contributed by atoms with Gasteiger partial charge >= 0.3 is 5.97 Å². The maximum absolute atomic E-state index is 11.1. The fourth-order valence-corrected chi connectivity index (χ4v) is 1.53. The molecule has 0 unspecified atom stereocenters. The summed E-state index contributed by atoms with van der Waals surface area (Å²) < 4.78 is 4.59. The highest BCUT2D eigenvalue weighted by atomic mass is 32.1. The van der Waals surface area contributed by atoms with Crippen LogP contribution in [-0.4, -0.2) is 17.6 Å². The van der Waals surface area contributed by atoms with Crippen LogP contribution in [0.25, 0.3) is 0 Å². The van der Waals surface area contributed by atoms with Gasteiger partial charge in [0.05, 0.1) is 5.69 Å². The van der Waals surface area contributed by atoms with Gasteiger partial charge in [-0.05, 0) is 13.8 Å². The minimum atomic E-state index is -0.525. The summed E-state index contributed by atoms with van der Waals surface area (Å²) in [7, 11) is 0. The van der Waals surface area contributed by atoms with Crippen LogP contribution in [0.15, 0.2) is 0 Å². The molecule has 0 N–H and O–H groups in total. The van der Waals surface area contributed by atoms with Crippen molar-refractivity contribution in [2.75, 3.05) is 6.61 Å². The van der Waals surface area contributed by atoms with Crippen molar-refractivity contribution in [1.82, 2.24) is 4.98 Å². The summed E-state index contributed by atoms with van der Waals surface area (Å²) in [5.74, 6) is -0.525. The third kappa shape index (κ3) is 2.26. The first-order chi connectivity index (χ1) is 6.15. The number of nitriles is 1. The fourth-order valence-electron chi connectivity index (χ4n) is 0.720. The van der Waals surface area contributed by atoms with Gasteiger partial charge in [-0.2, -0.15) is 5.26 Å². The van der Waals surface area contributed by atoms with Crippen molar-refractivity contribution in [3.8, 4) is 6.07 Å². The number of esters is 1. The molecule has 0 atom stereocenters. The fraction of sp³-hybridized carbons (Fsp3) is 0.375. The van der Waals surface area contributed by atoms with E-state index < -0.39 is 5.97 Å². The monoisotopic (exact) mass is 196 g/mol. The van der Waals surface area contributed by atoms with E-state index in [-0.39, 0.29) is 6.61 Å². The average Bonchev–Trinajstić information content (AvgIpc) is 2.43. The smallest absolute Gasteiger partial charge is 0.368 e. The van der Waals surface area contributed by atoms with E-state index in [1.54, 1.807) is 6.07 Å². The Kier molecular flexibility index (Phi) is 2.98. The summed E-state index contributed by atoms with van der Waals surface area (Å²) in [5, 5.41) is 8.49. The van der Waals surface area contributed by atoms with Crippen LogP contribution in [0.3, 0.4) is 0 Å². The average molecular weight is 196 g/mol. The number of rotatable bonds is 2. The lowest BCUT2D eigenvalue weighted by molar-refractivity contribution is 0.0554. The van der Waals surface area contributed by atoms with E-state index in [0.717, 1.165) is 10.6 Å². The van der Waals surface area contributed by atoms with E-state index in [1.807, 2.05) is 13.8 Å². The van der Waals surface area contributed by atoms with Crippen LogP contribution in [0.1, 0.15) is 20.4 Å². The van der Waals surface area contributed by atoms with Crippen LogP contribution in [0.4, 0.5) is 0 Å². The molecule has 0 aliphatic rings. The predicted molar refractivity (Wildman–Crippen MR) is 47.5 cm³/mol. The summed E-state index contributed by atoms with van der Waals surface area (Å²) in [4.78, 5) is 16.1. The number of aromatic nitrogens is 1. The minimum Gasteiger partial charge on any atom is -0.445 e. The van der Waals surface area contributed by atoms with Crippen LogP contribution < -0.4 is 0 Å². The number of carbonyl (C=O) groups excluding carboxylic acids is 1. The Bertz CT molecular complexity index is 345. The summed E-state index contributed by atoms with van der Waals surface area (Å²) >= 11 is 1.28. The Balaban J connectivity index is 2.73. The molecular formula is C8H8N2O2S. The Morgan fingerprint density at radius 1 is 1.69 bits per heavy atom.